The summed E-state index contributed by atoms with van der Waals surface area (Å²) in [6, 6.07) is 14.8. The van der Waals surface area contributed by atoms with Gasteiger partial charge in [0.05, 0.1) is 23.6 Å². The van der Waals surface area contributed by atoms with Gasteiger partial charge < -0.3 is 20.3 Å². The highest BCUT2D eigenvalue weighted by molar-refractivity contribution is 7.89. The number of carbonyl (C=O) groups excluding carboxylic acids is 1. The van der Waals surface area contributed by atoms with Crippen LogP contribution in [0.2, 0.25) is 0 Å². The summed E-state index contributed by atoms with van der Waals surface area (Å²) < 4.78 is 34.2. The van der Waals surface area contributed by atoms with Gasteiger partial charge in [0.25, 0.3) is 0 Å². The molecule has 1 unspecified atom stereocenters. The third-order valence-corrected chi connectivity index (χ3v) is 9.84. The molecule has 2 aromatic rings. The van der Waals surface area contributed by atoms with Gasteiger partial charge in [-0.15, -0.1) is 0 Å². The number of hydrogen-bond donors (Lipinski definition) is 3. The van der Waals surface area contributed by atoms with Crippen LogP contribution in [0.5, 0.6) is 0 Å². The molecule has 39 heavy (non-hydrogen) atoms. The Hall–Kier alpha value is -2.46. The van der Waals surface area contributed by atoms with E-state index in [9.17, 15) is 23.4 Å². The van der Waals surface area contributed by atoms with E-state index in [1.165, 1.54) is 35.7 Å². The van der Waals surface area contributed by atoms with Gasteiger partial charge in [-0.25, -0.2) is 13.2 Å². The molecule has 5 atom stereocenters. The number of fused-ring (bicyclic) bond motifs is 1. The highest BCUT2D eigenvalue weighted by atomic mass is 32.2. The summed E-state index contributed by atoms with van der Waals surface area (Å²) in [6.45, 7) is 3.66. The van der Waals surface area contributed by atoms with E-state index in [0.717, 1.165) is 18.4 Å². The first-order chi connectivity index (χ1) is 18.7. The Bertz CT molecular complexity index is 1160. The lowest BCUT2D eigenvalue weighted by molar-refractivity contribution is 0.0702. The topological polar surface area (TPSA) is 116 Å². The number of rotatable bonds is 12. The van der Waals surface area contributed by atoms with E-state index in [1.54, 1.807) is 12.1 Å². The fraction of sp³-hybridized carbons (Fsp3) is 0.567. The predicted octanol–water partition coefficient (Wildman–Crippen LogP) is 4.10. The smallest absolute Gasteiger partial charge is 0.407 e. The fourth-order valence-electron chi connectivity index (χ4n) is 6.02. The Morgan fingerprint density at radius 1 is 1.00 bits per heavy atom. The number of carbonyl (C=O) groups is 1. The Morgan fingerprint density at radius 3 is 2.23 bits per heavy atom. The number of amides is 1. The Kier molecular flexibility index (Phi) is 10.0. The van der Waals surface area contributed by atoms with Crippen LogP contribution < -0.4 is 5.32 Å². The van der Waals surface area contributed by atoms with Crippen LogP contribution >= 0.6 is 0 Å². The molecule has 4 rings (SSSR count). The number of nitrogens with zero attached hydrogens (tertiary/aromatic N) is 1. The maximum Gasteiger partial charge on any atom is 0.407 e. The zero-order chi connectivity index (χ0) is 28.0. The lowest BCUT2D eigenvalue weighted by Gasteiger charge is -2.31. The number of nitrogens with one attached hydrogen (secondary N) is 1. The fourth-order valence-corrected chi connectivity index (χ4v) is 7.64. The standard InChI is InChI=1S/C30H42N2O6S/c1-21(2)18-32(39(36,37)27-13-11-23(20-33)12-14-27)19-29(34)28(15-22-7-4-3-5-8-22)31-30(35)38-26-16-24-9-6-10-25(24)17-26/h3-5,7-8,11-14,21,24-26,28-29,33-34H,6,9-10,15-20H2,1-2H3,(H,31,35)/t24-,25+,26?,28-,29+/m0/s1. The first-order valence-electron chi connectivity index (χ1n) is 14.0. The number of sulfonamides is 1. The van der Waals surface area contributed by atoms with Gasteiger partial charge in [-0.05, 0) is 60.3 Å². The zero-order valence-electron chi connectivity index (χ0n) is 22.9. The molecule has 8 nitrogen and oxygen atoms in total. The number of aliphatic hydroxyl groups is 2. The lowest BCUT2D eigenvalue weighted by atomic mass is 10.0. The molecule has 214 valence electrons. The second-order valence-electron chi connectivity index (χ2n) is 11.5. The normalized spacial score (nSPS) is 22.6. The van der Waals surface area contributed by atoms with Gasteiger partial charge in [0.15, 0.2) is 0 Å². The third kappa shape index (κ3) is 7.81. The van der Waals surface area contributed by atoms with Crippen molar-refractivity contribution in [3.63, 3.8) is 0 Å². The predicted molar refractivity (Wildman–Crippen MR) is 149 cm³/mol. The van der Waals surface area contributed by atoms with E-state index in [0.29, 0.717) is 23.8 Å². The number of benzene rings is 2. The largest absolute Gasteiger partial charge is 0.446 e. The van der Waals surface area contributed by atoms with Gasteiger partial charge in [0.1, 0.15) is 6.10 Å². The van der Waals surface area contributed by atoms with Crippen LogP contribution in [0.25, 0.3) is 0 Å². The van der Waals surface area contributed by atoms with Crippen LogP contribution in [-0.4, -0.2) is 60.4 Å². The van der Waals surface area contributed by atoms with Crippen LogP contribution in [0, 0.1) is 17.8 Å². The minimum Gasteiger partial charge on any atom is -0.446 e. The number of aliphatic hydroxyl groups excluding tert-OH is 2. The van der Waals surface area contributed by atoms with Crippen molar-refractivity contribution in [3.8, 4) is 0 Å². The molecule has 2 fully saturated rings. The van der Waals surface area contributed by atoms with Crippen molar-refractivity contribution >= 4 is 16.1 Å². The van der Waals surface area contributed by atoms with E-state index >= 15 is 0 Å². The summed E-state index contributed by atoms with van der Waals surface area (Å²) >= 11 is 0. The summed E-state index contributed by atoms with van der Waals surface area (Å²) in [5.74, 6) is 1.28. The molecule has 3 N–H and O–H groups in total. The maximum absolute atomic E-state index is 13.6. The van der Waals surface area contributed by atoms with Crippen molar-refractivity contribution in [1.82, 2.24) is 9.62 Å². The van der Waals surface area contributed by atoms with Crippen LogP contribution in [0.4, 0.5) is 4.79 Å². The molecule has 0 spiro atoms. The lowest BCUT2D eigenvalue weighted by Crippen LogP contribution is -2.51. The molecule has 2 aliphatic rings. The number of alkyl carbamates (subject to hydrolysis) is 1. The molecular weight excluding hydrogens is 516 g/mol. The quantitative estimate of drug-likeness (QED) is 0.361. The van der Waals surface area contributed by atoms with Crippen LogP contribution in [0.15, 0.2) is 59.5 Å². The molecule has 0 aromatic heterocycles. The molecule has 9 heteroatoms. The van der Waals surface area contributed by atoms with E-state index < -0.39 is 28.3 Å². The first kappa shape index (κ1) is 29.5. The molecular formula is C30H42N2O6S. The minimum atomic E-state index is -3.93. The van der Waals surface area contributed by atoms with Crippen LogP contribution in [-0.2, 0) is 27.8 Å². The number of ether oxygens (including phenoxy) is 1. The van der Waals surface area contributed by atoms with Crippen molar-refractivity contribution in [3.05, 3.63) is 65.7 Å². The molecule has 0 heterocycles. The summed E-state index contributed by atoms with van der Waals surface area (Å²) in [6.07, 6.45) is 3.89. The average Bonchev–Trinajstić information content (AvgIpc) is 3.50. The molecule has 2 aromatic carbocycles. The van der Waals surface area contributed by atoms with Crippen molar-refractivity contribution < 1.29 is 28.2 Å². The summed E-state index contributed by atoms with van der Waals surface area (Å²) in [5.41, 5.74) is 1.52. The Balaban J connectivity index is 1.49. The van der Waals surface area contributed by atoms with Gasteiger partial charge in [0, 0.05) is 13.1 Å². The highest BCUT2D eigenvalue weighted by Gasteiger charge is 2.39. The van der Waals surface area contributed by atoms with E-state index in [1.807, 2.05) is 44.2 Å². The van der Waals surface area contributed by atoms with Crippen molar-refractivity contribution in [2.45, 2.75) is 82.1 Å². The Labute approximate surface area is 232 Å². The minimum absolute atomic E-state index is 0.0102. The van der Waals surface area contributed by atoms with E-state index in [-0.39, 0.29) is 36.6 Å². The van der Waals surface area contributed by atoms with Crippen LogP contribution in [0.3, 0.4) is 0 Å². The molecule has 2 saturated carbocycles. The Morgan fingerprint density at radius 2 is 1.64 bits per heavy atom. The van der Waals surface area contributed by atoms with Gasteiger partial charge in [-0.3, -0.25) is 0 Å². The van der Waals surface area contributed by atoms with Gasteiger partial charge >= 0.3 is 6.09 Å². The SMILES string of the molecule is CC(C)CN(C[C@@H](O)[C@H](Cc1ccccc1)NC(=O)OC1C[C@H]2CCC[C@H]2C1)S(=O)(=O)c1ccc(CO)cc1. The van der Waals surface area contributed by atoms with E-state index in [2.05, 4.69) is 5.32 Å². The van der Waals surface area contributed by atoms with Crippen molar-refractivity contribution in [2.75, 3.05) is 13.1 Å². The summed E-state index contributed by atoms with van der Waals surface area (Å²) in [5, 5.41) is 23.6. The zero-order valence-corrected chi connectivity index (χ0v) is 23.7. The molecule has 0 radical (unpaired) electrons. The van der Waals surface area contributed by atoms with Gasteiger partial charge in [-0.2, -0.15) is 4.31 Å². The third-order valence-electron chi connectivity index (χ3n) is 7.99. The summed E-state index contributed by atoms with van der Waals surface area (Å²) in [7, 11) is -3.93. The summed E-state index contributed by atoms with van der Waals surface area (Å²) in [4.78, 5) is 13.1. The van der Waals surface area contributed by atoms with E-state index in [4.69, 9.17) is 4.74 Å². The first-order valence-corrected chi connectivity index (χ1v) is 15.5. The van der Waals surface area contributed by atoms with Gasteiger partial charge in [-0.1, -0.05) is 75.6 Å². The van der Waals surface area contributed by atoms with Crippen molar-refractivity contribution in [1.29, 1.82) is 0 Å². The molecule has 2 aliphatic carbocycles. The number of hydrogen-bond acceptors (Lipinski definition) is 6. The second-order valence-corrected chi connectivity index (χ2v) is 13.4. The maximum atomic E-state index is 13.6. The molecule has 1 amide bonds. The second kappa shape index (κ2) is 13.3. The molecule has 0 aliphatic heterocycles. The molecule has 0 saturated heterocycles. The van der Waals surface area contributed by atoms with Crippen LogP contribution in [0.1, 0.15) is 57.1 Å². The van der Waals surface area contributed by atoms with Gasteiger partial charge in [0.2, 0.25) is 10.0 Å². The average molecular weight is 559 g/mol. The monoisotopic (exact) mass is 558 g/mol. The molecule has 0 bridgehead atoms. The van der Waals surface area contributed by atoms with Crippen molar-refractivity contribution in [2.24, 2.45) is 17.8 Å². The highest BCUT2D eigenvalue weighted by Crippen LogP contribution is 2.44.